The van der Waals surface area contributed by atoms with Gasteiger partial charge in [0.15, 0.2) is 0 Å². The third-order valence-corrected chi connectivity index (χ3v) is 2.94. The first-order valence-electron chi connectivity index (χ1n) is 5.37. The zero-order valence-electron chi connectivity index (χ0n) is 9.34. The van der Waals surface area contributed by atoms with Crippen LogP contribution in [-0.2, 0) is 4.74 Å². The first-order chi connectivity index (χ1) is 8.68. The Kier molecular flexibility index (Phi) is 2.39. The van der Waals surface area contributed by atoms with Crippen molar-refractivity contribution in [1.29, 1.82) is 0 Å². The Labute approximate surface area is 101 Å². The second-order valence-corrected chi connectivity index (χ2v) is 4.01. The number of nitrogens with one attached hydrogen (secondary N) is 2. The van der Waals surface area contributed by atoms with Gasteiger partial charge in [0.05, 0.1) is 36.0 Å². The van der Waals surface area contributed by atoms with E-state index in [4.69, 9.17) is 10.5 Å². The summed E-state index contributed by atoms with van der Waals surface area (Å²) < 4.78 is 6.56. The van der Waals surface area contributed by atoms with Gasteiger partial charge < -0.3 is 10.5 Å². The predicted octanol–water partition coefficient (Wildman–Crippen LogP) is -1.10. The molecule has 1 aliphatic heterocycles. The van der Waals surface area contributed by atoms with E-state index in [1.165, 1.54) is 17.0 Å². The van der Waals surface area contributed by atoms with Gasteiger partial charge in [0.25, 0.3) is 11.5 Å². The summed E-state index contributed by atoms with van der Waals surface area (Å²) in [6.45, 7) is 0.730. The summed E-state index contributed by atoms with van der Waals surface area (Å²) in [5.74, 6) is -0.614. The number of aromatic amines is 1. The van der Waals surface area contributed by atoms with Gasteiger partial charge in [-0.2, -0.15) is 5.10 Å². The molecule has 4 N–H and O–H groups in total. The van der Waals surface area contributed by atoms with Crippen molar-refractivity contribution in [2.75, 3.05) is 13.3 Å². The first-order valence-corrected chi connectivity index (χ1v) is 5.37. The lowest BCUT2D eigenvalue weighted by Crippen LogP contribution is -2.32. The zero-order chi connectivity index (χ0) is 12.7. The number of pyridine rings is 1. The van der Waals surface area contributed by atoms with Crippen LogP contribution in [0.2, 0.25) is 0 Å². The number of hydrogen-bond acceptors (Lipinski definition) is 5. The summed E-state index contributed by atoms with van der Waals surface area (Å²) in [4.78, 5) is 23.6. The number of primary amides is 1. The number of nitrogens with zero attached hydrogens (tertiary/aromatic N) is 2. The molecule has 2 aromatic heterocycles. The lowest BCUT2D eigenvalue weighted by molar-refractivity contribution is 0.100. The van der Waals surface area contributed by atoms with Crippen molar-refractivity contribution in [1.82, 2.24) is 20.1 Å². The van der Waals surface area contributed by atoms with Crippen LogP contribution in [0.25, 0.3) is 10.9 Å². The van der Waals surface area contributed by atoms with Crippen LogP contribution in [0, 0.1) is 0 Å². The number of amides is 1. The molecule has 0 saturated carbocycles. The number of carbonyl (C=O) groups excluding carboxylic acids is 1. The average molecular weight is 249 g/mol. The van der Waals surface area contributed by atoms with Gasteiger partial charge in [-0.3, -0.25) is 24.6 Å². The van der Waals surface area contributed by atoms with Gasteiger partial charge in [-0.1, -0.05) is 0 Å². The molecule has 0 aromatic carbocycles. The van der Waals surface area contributed by atoms with Gasteiger partial charge in [0.2, 0.25) is 0 Å². The van der Waals surface area contributed by atoms with Gasteiger partial charge in [0.1, 0.15) is 6.17 Å². The largest absolute Gasteiger partial charge is 0.365 e. The standard InChI is InChI=1S/C10H11N5O3/c11-9(16)6-2-15(7-3-18-4-12-7)10(17)5-1-13-14-8(5)6/h1-2,7,12H,3-4H2,(H2,11,16)(H,13,14). The van der Waals surface area contributed by atoms with Crippen LogP contribution in [0.3, 0.4) is 0 Å². The van der Waals surface area contributed by atoms with E-state index in [-0.39, 0.29) is 17.3 Å². The summed E-state index contributed by atoms with van der Waals surface area (Å²) >= 11 is 0. The zero-order valence-corrected chi connectivity index (χ0v) is 9.34. The Morgan fingerprint density at radius 2 is 2.44 bits per heavy atom. The molecule has 18 heavy (non-hydrogen) atoms. The number of nitrogens with two attached hydrogens (primary N) is 1. The molecule has 8 nitrogen and oxygen atoms in total. The predicted molar refractivity (Wildman–Crippen MR) is 61.9 cm³/mol. The lowest BCUT2D eigenvalue weighted by Gasteiger charge is -2.13. The highest BCUT2D eigenvalue weighted by Crippen LogP contribution is 2.15. The minimum absolute atomic E-state index is 0.232. The molecule has 1 amide bonds. The fourth-order valence-electron chi connectivity index (χ4n) is 2.04. The molecule has 94 valence electrons. The maximum absolute atomic E-state index is 12.2. The summed E-state index contributed by atoms with van der Waals surface area (Å²) in [6.07, 6.45) is 2.52. The Balaban J connectivity index is 2.28. The van der Waals surface area contributed by atoms with E-state index in [9.17, 15) is 9.59 Å². The van der Waals surface area contributed by atoms with Gasteiger partial charge >= 0.3 is 0 Å². The molecule has 0 radical (unpaired) electrons. The van der Waals surface area contributed by atoms with E-state index >= 15 is 0 Å². The molecule has 1 atom stereocenters. The molecule has 1 unspecified atom stereocenters. The van der Waals surface area contributed by atoms with Crippen molar-refractivity contribution < 1.29 is 9.53 Å². The molecular formula is C10H11N5O3. The van der Waals surface area contributed by atoms with E-state index in [2.05, 4.69) is 15.5 Å². The van der Waals surface area contributed by atoms with Gasteiger partial charge in [-0.15, -0.1) is 0 Å². The van der Waals surface area contributed by atoms with E-state index in [1.807, 2.05) is 0 Å². The number of fused-ring (bicyclic) bond motifs is 1. The number of hydrogen-bond donors (Lipinski definition) is 3. The molecular weight excluding hydrogens is 238 g/mol. The van der Waals surface area contributed by atoms with Crippen LogP contribution in [-0.4, -0.2) is 34.0 Å². The van der Waals surface area contributed by atoms with E-state index in [0.29, 0.717) is 24.2 Å². The second-order valence-electron chi connectivity index (χ2n) is 4.01. The molecule has 0 spiro atoms. The first kappa shape index (κ1) is 10.9. The van der Waals surface area contributed by atoms with Crippen LogP contribution in [0.1, 0.15) is 16.5 Å². The van der Waals surface area contributed by atoms with Gasteiger partial charge in [0, 0.05) is 6.20 Å². The summed E-state index contributed by atoms with van der Waals surface area (Å²) in [5, 5.41) is 9.72. The molecule has 3 heterocycles. The van der Waals surface area contributed by atoms with Crippen molar-refractivity contribution in [3.8, 4) is 0 Å². The Morgan fingerprint density at radius 1 is 1.61 bits per heavy atom. The lowest BCUT2D eigenvalue weighted by atomic mass is 10.2. The van der Waals surface area contributed by atoms with Crippen molar-refractivity contribution in [2.24, 2.45) is 5.73 Å². The fourth-order valence-corrected chi connectivity index (χ4v) is 2.04. The van der Waals surface area contributed by atoms with Crippen LogP contribution >= 0.6 is 0 Å². The normalized spacial score (nSPS) is 19.4. The van der Waals surface area contributed by atoms with Crippen LogP contribution < -0.4 is 16.6 Å². The molecule has 0 aliphatic carbocycles. The van der Waals surface area contributed by atoms with Crippen molar-refractivity contribution in [3.05, 3.63) is 28.3 Å². The third-order valence-electron chi connectivity index (χ3n) is 2.94. The highest BCUT2D eigenvalue weighted by atomic mass is 16.5. The number of rotatable bonds is 2. The van der Waals surface area contributed by atoms with E-state index in [1.54, 1.807) is 0 Å². The average Bonchev–Trinajstić information content (AvgIpc) is 2.99. The van der Waals surface area contributed by atoms with Crippen molar-refractivity contribution in [2.45, 2.75) is 6.17 Å². The SMILES string of the molecule is NC(=O)c1cn(C2COCN2)c(=O)c2cn[nH]c12. The molecule has 3 rings (SSSR count). The number of ether oxygens (including phenoxy) is 1. The monoisotopic (exact) mass is 249 g/mol. The smallest absolute Gasteiger partial charge is 0.263 e. The topological polar surface area (TPSA) is 115 Å². The van der Waals surface area contributed by atoms with E-state index < -0.39 is 5.91 Å². The van der Waals surface area contributed by atoms with E-state index in [0.717, 1.165) is 0 Å². The quantitative estimate of drug-likeness (QED) is 0.625. The van der Waals surface area contributed by atoms with Crippen LogP contribution in [0.4, 0.5) is 0 Å². The summed E-state index contributed by atoms with van der Waals surface area (Å²) in [5.41, 5.74) is 5.65. The molecule has 1 fully saturated rings. The van der Waals surface area contributed by atoms with Crippen molar-refractivity contribution in [3.63, 3.8) is 0 Å². The highest BCUT2D eigenvalue weighted by Gasteiger charge is 2.21. The molecule has 2 aromatic rings. The number of carbonyl (C=O) groups is 1. The Hall–Kier alpha value is -2.19. The summed E-state index contributed by atoms with van der Waals surface area (Å²) in [7, 11) is 0. The molecule has 0 bridgehead atoms. The maximum Gasteiger partial charge on any atom is 0.263 e. The number of H-pyrrole nitrogens is 1. The third kappa shape index (κ3) is 1.50. The van der Waals surface area contributed by atoms with Gasteiger partial charge in [-0.05, 0) is 0 Å². The summed E-state index contributed by atoms with van der Waals surface area (Å²) in [6, 6.07) is 0. The van der Waals surface area contributed by atoms with Crippen LogP contribution in [0.15, 0.2) is 17.2 Å². The Bertz CT molecular complexity index is 668. The molecule has 1 saturated heterocycles. The van der Waals surface area contributed by atoms with Crippen LogP contribution in [0.5, 0.6) is 0 Å². The minimum atomic E-state index is -0.614. The van der Waals surface area contributed by atoms with Crippen molar-refractivity contribution >= 4 is 16.8 Å². The number of aromatic nitrogens is 3. The second kappa shape index (κ2) is 3.93. The Morgan fingerprint density at radius 3 is 3.11 bits per heavy atom. The maximum atomic E-state index is 12.2. The highest BCUT2D eigenvalue weighted by molar-refractivity contribution is 6.03. The fraction of sp³-hybridized carbons (Fsp3) is 0.300. The minimum Gasteiger partial charge on any atom is -0.365 e. The molecule has 8 heteroatoms. The molecule has 1 aliphatic rings. The van der Waals surface area contributed by atoms with Gasteiger partial charge in [-0.25, -0.2) is 0 Å².